The van der Waals surface area contributed by atoms with Crippen molar-refractivity contribution in [2.75, 3.05) is 17.2 Å². The van der Waals surface area contributed by atoms with E-state index in [1.807, 2.05) is 6.07 Å². The molecule has 1 aliphatic carbocycles. The van der Waals surface area contributed by atoms with Crippen LogP contribution in [0.5, 0.6) is 0 Å². The lowest BCUT2D eigenvalue weighted by molar-refractivity contribution is 0.00911. The van der Waals surface area contributed by atoms with E-state index in [0.29, 0.717) is 63.5 Å². The van der Waals surface area contributed by atoms with Crippen LogP contribution in [0.25, 0.3) is 10.9 Å². The van der Waals surface area contributed by atoms with Crippen LogP contribution in [0.1, 0.15) is 50.8 Å². The number of alkyl halides is 2. The van der Waals surface area contributed by atoms with Gasteiger partial charge in [0.2, 0.25) is 5.95 Å². The van der Waals surface area contributed by atoms with Crippen LogP contribution in [0, 0.1) is 22.7 Å². The first-order chi connectivity index (χ1) is 18.5. The Kier molecular flexibility index (Phi) is 6.95. The lowest BCUT2D eigenvalue weighted by atomic mass is 9.96. The average Bonchev–Trinajstić information content (AvgIpc) is 3.56. The highest BCUT2D eigenvalue weighted by Crippen LogP contribution is 2.47. The van der Waals surface area contributed by atoms with Crippen molar-refractivity contribution >= 4 is 33.9 Å². The summed E-state index contributed by atoms with van der Waals surface area (Å²) in [6.45, 7) is 6.84. The monoisotopic (exact) mass is 556 g/mol. The van der Waals surface area contributed by atoms with Gasteiger partial charge in [-0.05, 0) is 42.0 Å². The maximum atomic E-state index is 13.7. The summed E-state index contributed by atoms with van der Waals surface area (Å²) in [7, 11) is 0. The third-order valence-corrected chi connectivity index (χ3v) is 7.07. The van der Waals surface area contributed by atoms with Crippen LogP contribution in [0.2, 0.25) is 5.02 Å². The van der Waals surface area contributed by atoms with E-state index in [9.17, 15) is 18.4 Å². The highest BCUT2D eigenvalue weighted by molar-refractivity contribution is 6.35. The van der Waals surface area contributed by atoms with E-state index in [1.165, 1.54) is 23.5 Å². The van der Waals surface area contributed by atoms with Gasteiger partial charge in [-0.15, -0.1) is 5.53 Å². The van der Waals surface area contributed by atoms with E-state index in [4.69, 9.17) is 11.6 Å². The summed E-state index contributed by atoms with van der Waals surface area (Å²) in [4.78, 5) is 8.17. The molecule has 0 radical (unpaired) electrons. The van der Waals surface area contributed by atoms with Crippen molar-refractivity contribution in [3.63, 3.8) is 0 Å². The zero-order chi connectivity index (χ0) is 27.9. The van der Waals surface area contributed by atoms with E-state index < -0.39 is 24.0 Å². The number of fused-ring (bicyclic) bond motifs is 1. The molecule has 2 aliphatic rings. The molecule has 1 saturated carbocycles. The van der Waals surface area contributed by atoms with E-state index in [0.717, 1.165) is 0 Å². The van der Waals surface area contributed by atoms with Crippen LogP contribution >= 0.6 is 11.6 Å². The first-order valence-electron chi connectivity index (χ1n) is 12.5. The summed E-state index contributed by atoms with van der Waals surface area (Å²) < 4.78 is 41.1. The van der Waals surface area contributed by atoms with Gasteiger partial charge in [-0.25, -0.2) is 13.8 Å². The number of hydrogen-bond donors (Lipinski definition) is 4. The van der Waals surface area contributed by atoms with E-state index in [1.54, 1.807) is 18.3 Å². The number of nitriles is 1. The fourth-order valence-corrected chi connectivity index (χ4v) is 4.71. The molecule has 0 amide bonds. The van der Waals surface area contributed by atoms with Gasteiger partial charge in [-0.2, -0.15) is 9.65 Å². The molecule has 1 unspecified atom stereocenters. The zero-order valence-corrected chi connectivity index (χ0v) is 22.4. The predicted molar refractivity (Wildman–Crippen MR) is 144 cm³/mol. The molecule has 8 nitrogen and oxygen atoms in total. The quantitative estimate of drug-likeness (QED) is 0.256. The first-order valence-corrected chi connectivity index (χ1v) is 12.8. The summed E-state index contributed by atoms with van der Waals surface area (Å²) in [5, 5.41) is 18.9. The van der Waals surface area contributed by atoms with Crippen LogP contribution in [-0.4, -0.2) is 33.5 Å². The molecule has 5 rings (SSSR count). The Labute approximate surface area is 229 Å². The molecule has 12 heteroatoms. The third kappa shape index (κ3) is 5.40. The Morgan fingerprint density at radius 3 is 2.59 bits per heavy atom. The van der Waals surface area contributed by atoms with Crippen LogP contribution in [-0.2, 0) is 0 Å². The molecule has 204 valence electrons. The molecule has 4 N–H and O–H groups in total. The molecule has 1 aliphatic heterocycles. The Morgan fingerprint density at radius 2 is 1.97 bits per heavy atom. The maximum Gasteiger partial charge on any atom is 0.262 e. The lowest BCUT2D eigenvalue weighted by Crippen LogP contribution is -2.48. The number of benzene rings is 1. The van der Waals surface area contributed by atoms with Gasteiger partial charge in [0, 0.05) is 36.2 Å². The highest BCUT2D eigenvalue weighted by Gasteiger charge is 2.56. The van der Waals surface area contributed by atoms with Gasteiger partial charge in [-0.1, -0.05) is 38.4 Å². The van der Waals surface area contributed by atoms with Crippen molar-refractivity contribution in [1.82, 2.24) is 25.9 Å². The van der Waals surface area contributed by atoms with Crippen molar-refractivity contribution in [3.05, 3.63) is 70.7 Å². The van der Waals surface area contributed by atoms with Gasteiger partial charge in [0.05, 0.1) is 33.5 Å². The second kappa shape index (κ2) is 10.1. The maximum absolute atomic E-state index is 13.7. The van der Waals surface area contributed by atoms with Crippen LogP contribution in [0.4, 0.5) is 24.5 Å². The average molecular weight is 557 g/mol. The minimum atomic E-state index is -2.53. The first kappa shape index (κ1) is 26.8. The fourth-order valence-electron chi connectivity index (χ4n) is 4.44. The standard InChI is InChI=1S/C27H28ClF3N8/c1-26(2,3)14-35-22-16(10-32)12-34-24-18(22)8-17(9-19(24)28)36-23(15-4-5-21(29)33-11-15)20-13-39(38-37-20)27(6-7-27)25(30)31/h4-5,8-9,11-13,23,25,36-38H,6-7,14H2,1-3H3,(H,34,35). The molecule has 0 saturated heterocycles. The van der Waals surface area contributed by atoms with Gasteiger partial charge in [0.1, 0.15) is 11.6 Å². The third-order valence-electron chi connectivity index (χ3n) is 6.78. The van der Waals surface area contributed by atoms with Crippen molar-refractivity contribution in [1.29, 1.82) is 5.26 Å². The highest BCUT2D eigenvalue weighted by atomic mass is 35.5. The molecule has 1 fully saturated rings. The number of pyridine rings is 2. The Hall–Kier alpha value is -3.75. The van der Waals surface area contributed by atoms with Crippen LogP contribution < -0.4 is 21.6 Å². The van der Waals surface area contributed by atoms with Crippen molar-refractivity contribution in [3.8, 4) is 6.07 Å². The molecule has 0 bridgehead atoms. The number of aromatic nitrogens is 2. The Bertz CT molecular complexity index is 1460. The van der Waals surface area contributed by atoms with Crippen molar-refractivity contribution in [2.24, 2.45) is 5.41 Å². The van der Waals surface area contributed by atoms with Gasteiger partial charge < -0.3 is 16.1 Å². The summed E-state index contributed by atoms with van der Waals surface area (Å²) >= 11 is 6.65. The molecular weight excluding hydrogens is 529 g/mol. The van der Waals surface area contributed by atoms with Crippen LogP contribution in [0.15, 0.2) is 48.6 Å². The largest absolute Gasteiger partial charge is 0.383 e. The number of hydrogen-bond acceptors (Lipinski definition) is 8. The number of nitrogens with one attached hydrogen (secondary N) is 4. The molecule has 3 heterocycles. The Balaban J connectivity index is 1.55. The smallest absolute Gasteiger partial charge is 0.262 e. The second-order valence-electron chi connectivity index (χ2n) is 11.0. The van der Waals surface area contributed by atoms with Crippen LogP contribution in [0.3, 0.4) is 0 Å². The normalized spacial score (nSPS) is 17.0. The number of nitrogens with zero attached hydrogens (tertiary/aromatic N) is 4. The Morgan fingerprint density at radius 1 is 1.21 bits per heavy atom. The zero-order valence-electron chi connectivity index (χ0n) is 21.6. The molecule has 39 heavy (non-hydrogen) atoms. The fraction of sp³-hybridized carbons (Fsp3) is 0.370. The summed E-state index contributed by atoms with van der Waals surface area (Å²) in [6, 6.07) is 7.88. The number of halogens is 4. The van der Waals surface area contributed by atoms with Gasteiger partial charge >= 0.3 is 0 Å². The topological polar surface area (TPSA) is 101 Å². The molecule has 0 spiro atoms. The molecular formula is C27H28ClF3N8. The minimum Gasteiger partial charge on any atom is -0.383 e. The lowest BCUT2D eigenvalue weighted by Gasteiger charge is -2.25. The van der Waals surface area contributed by atoms with Gasteiger partial charge in [0.25, 0.3) is 6.43 Å². The summed E-state index contributed by atoms with van der Waals surface area (Å²) in [5.41, 5.74) is 7.70. The number of anilines is 2. The molecule has 1 aromatic carbocycles. The number of rotatable bonds is 8. The van der Waals surface area contributed by atoms with Crippen molar-refractivity contribution < 1.29 is 13.2 Å². The summed E-state index contributed by atoms with van der Waals surface area (Å²) in [5.74, 6) is -0.640. The van der Waals surface area contributed by atoms with E-state index >= 15 is 0 Å². The molecule has 3 aromatic rings. The van der Waals surface area contributed by atoms with E-state index in [-0.39, 0.29) is 5.41 Å². The SMILES string of the molecule is CC(C)(C)CNc1c(C#N)cnc2c(Cl)cc(NC(C3=CN(C4(C(F)F)CC4)NN3)c3ccc(F)nc3)cc12. The van der Waals surface area contributed by atoms with Crippen molar-refractivity contribution in [2.45, 2.75) is 51.6 Å². The number of hydrazine groups is 2. The van der Waals surface area contributed by atoms with Gasteiger partial charge in [-0.3, -0.25) is 9.99 Å². The predicted octanol–water partition coefficient (Wildman–Crippen LogP) is 5.87. The minimum absolute atomic E-state index is 0.0563. The molecule has 1 atom stereocenters. The summed E-state index contributed by atoms with van der Waals surface area (Å²) in [6.07, 6.45) is 2.65. The van der Waals surface area contributed by atoms with Gasteiger partial charge in [0.15, 0.2) is 0 Å². The molecule has 2 aromatic heterocycles. The van der Waals surface area contributed by atoms with E-state index in [2.05, 4.69) is 58.4 Å². The second-order valence-corrected chi connectivity index (χ2v) is 11.4.